The number of esters is 1. The molecule has 9 heteroatoms. The van der Waals surface area contributed by atoms with Crippen LogP contribution < -0.4 is 10.5 Å². The molecule has 0 radical (unpaired) electrons. The fourth-order valence-corrected chi connectivity index (χ4v) is 4.01. The summed E-state index contributed by atoms with van der Waals surface area (Å²) >= 11 is 0. The van der Waals surface area contributed by atoms with Crippen LogP contribution in [0.25, 0.3) is 16.8 Å². The summed E-state index contributed by atoms with van der Waals surface area (Å²) in [5.41, 5.74) is 10.6. The molecule has 1 aromatic heterocycles. The zero-order valence-electron chi connectivity index (χ0n) is 21.7. The Morgan fingerprint density at radius 1 is 1.08 bits per heavy atom. The van der Waals surface area contributed by atoms with Gasteiger partial charge in [0, 0.05) is 30.3 Å². The molecule has 196 valence electrons. The van der Waals surface area contributed by atoms with Crippen LogP contribution in [0.5, 0.6) is 5.75 Å². The van der Waals surface area contributed by atoms with Gasteiger partial charge in [-0.2, -0.15) is 5.10 Å². The van der Waals surface area contributed by atoms with Crippen molar-refractivity contribution in [2.45, 2.75) is 20.3 Å². The third-order valence-corrected chi connectivity index (χ3v) is 6.02. The quantitative estimate of drug-likeness (QED) is 0.475. The van der Waals surface area contributed by atoms with E-state index in [4.69, 9.17) is 15.2 Å². The second-order valence-corrected chi connectivity index (χ2v) is 8.27. The number of H-pyrrole nitrogens is 1. The first-order valence-electron chi connectivity index (χ1n) is 12.1. The fourth-order valence-electron chi connectivity index (χ4n) is 4.01. The van der Waals surface area contributed by atoms with E-state index in [-0.39, 0.29) is 5.91 Å². The number of nitrogen functional groups attached to an aromatic ring is 1. The average Bonchev–Trinajstić information content (AvgIpc) is 3.39. The third kappa shape index (κ3) is 6.98. The predicted octanol–water partition coefficient (Wildman–Crippen LogP) is 4.43. The largest absolute Gasteiger partial charge is 0.496 e. The van der Waals surface area contributed by atoms with Crippen molar-refractivity contribution >= 4 is 23.3 Å². The number of hydrogen-bond acceptors (Lipinski definition) is 7. The van der Waals surface area contributed by atoms with Crippen LogP contribution in [0, 0.1) is 0 Å². The maximum atomic E-state index is 12.4. The van der Waals surface area contributed by atoms with Gasteiger partial charge in [-0.1, -0.05) is 25.1 Å². The van der Waals surface area contributed by atoms with Gasteiger partial charge in [0.2, 0.25) is 0 Å². The van der Waals surface area contributed by atoms with Crippen LogP contribution in [0.2, 0.25) is 0 Å². The molecule has 1 saturated heterocycles. The summed E-state index contributed by atoms with van der Waals surface area (Å²) in [6.07, 6.45) is 3.09. The number of morpholine rings is 1. The van der Waals surface area contributed by atoms with Gasteiger partial charge in [0.15, 0.2) is 0 Å². The standard InChI is InChI=1S/C16H21NO2.C12H13N3O3/c1-3-13(4-2)14-6-5-7-15(12-14)16(18)17-8-10-19-11-9-17;1-17-10-4-3-7(12(16)18-2)5-8(10)9-6-11(13)15-14-9/h3,5-7,12H,4,8-11H2,1-2H3;3-6H,1-2H3,(H3,13,14,15)/b13-3+;. The topological polar surface area (TPSA) is 120 Å². The molecule has 4 rings (SSSR count). The number of amides is 1. The molecule has 1 aliphatic heterocycles. The summed E-state index contributed by atoms with van der Waals surface area (Å²) in [6, 6.07) is 14.6. The lowest BCUT2D eigenvalue weighted by Crippen LogP contribution is -2.40. The van der Waals surface area contributed by atoms with Crippen LogP contribution in [0.3, 0.4) is 0 Å². The van der Waals surface area contributed by atoms with Crippen molar-refractivity contribution in [3.05, 3.63) is 71.3 Å². The van der Waals surface area contributed by atoms with E-state index >= 15 is 0 Å². The molecule has 0 aliphatic carbocycles. The number of ether oxygens (including phenoxy) is 3. The average molecular weight is 507 g/mol. The molecule has 1 fully saturated rings. The van der Waals surface area contributed by atoms with E-state index in [9.17, 15) is 9.59 Å². The Balaban J connectivity index is 0.000000206. The van der Waals surface area contributed by atoms with E-state index < -0.39 is 5.97 Å². The first-order chi connectivity index (χ1) is 17.9. The van der Waals surface area contributed by atoms with E-state index in [1.807, 2.05) is 30.0 Å². The maximum Gasteiger partial charge on any atom is 0.337 e. The normalized spacial score (nSPS) is 13.4. The van der Waals surface area contributed by atoms with Crippen molar-refractivity contribution < 1.29 is 23.8 Å². The molecular formula is C28H34N4O5. The number of nitrogens with one attached hydrogen (secondary N) is 1. The SMILES string of the molecule is C/C=C(\CC)c1cccc(C(=O)N2CCOCC2)c1.COC(=O)c1ccc(OC)c(-c2cc(N)n[nH]2)c1. The van der Waals surface area contributed by atoms with Gasteiger partial charge in [0.25, 0.3) is 5.91 Å². The zero-order valence-corrected chi connectivity index (χ0v) is 21.7. The summed E-state index contributed by atoms with van der Waals surface area (Å²) in [7, 11) is 2.89. The number of methoxy groups -OCH3 is 2. The Labute approximate surface area is 217 Å². The van der Waals surface area contributed by atoms with E-state index in [1.165, 1.54) is 12.7 Å². The number of nitrogens with zero attached hydrogens (tertiary/aromatic N) is 2. The van der Waals surface area contributed by atoms with Gasteiger partial charge >= 0.3 is 5.97 Å². The number of hydrogen-bond donors (Lipinski definition) is 2. The van der Waals surface area contributed by atoms with Crippen LogP contribution in [-0.2, 0) is 9.47 Å². The Morgan fingerprint density at radius 2 is 1.81 bits per heavy atom. The highest BCUT2D eigenvalue weighted by atomic mass is 16.5. The van der Waals surface area contributed by atoms with Gasteiger partial charge in [-0.05, 0) is 54.8 Å². The van der Waals surface area contributed by atoms with Gasteiger partial charge in [-0.3, -0.25) is 9.89 Å². The molecule has 2 heterocycles. The molecule has 3 N–H and O–H groups in total. The monoisotopic (exact) mass is 506 g/mol. The summed E-state index contributed by atoms with van der Waals surface area (Å²) < 4.78 is 15.2. The molecule has 0 bridgehead atoms. The number of aromatic nitrogens is 2. The highest BCUT2D eigenvalue weighted by Gasteiger charge is 2.19. The van der Waals surface area contributed by atoms with E-state index in [0.717, 1.165) is 17.5 Å². The number of carbonyl (C=O) groups is 2. The molecule has 0 unspecified atom stereocenters. The number of benzene rings is 2. The van der Waals surface area contributed by atoms with E-state index in [2.05, 4.69) is 34.0 Å². The Bertz CT molecular complexity index is 1240. The lowest BCUT2D eigenvalue weighted by molar-refractivity contribution is 0.0303. The van der Waals surface area contributed by atoms with Crippen molar-refractivity contribution in [2.24, 2.45) is 0 Å². The summed E-state index contributed by atoms with van der Waals surface area (Å²) in [5, 5.41) is 6.62. The first-order valence-corrected chi connectivity index (χ1v) is 12.1. The predicted molar refractivity (Wildman–Crippen MR) is 143 cm³/mol. The van der Waals surface area contributed by atoms with Crippen molar-refractivity contribution in [1.29, 1.82) is 0 Å². The Hall–Kier alpha value is -4.11. The maximum absolute atomic E-state index is 12.4. The van der Waals surface area contributed by atoms with Gasteiger partial charge < -0.3 is 24.8 Å². The minimum absolute atomic E-state index is 0.108. The lowest BCUT2D eigenvalue weighted by atomic mass is 10.0. The first kappa shape index (κ1) is 27.5. The fraction of sp³-hybridized carbons (Fsp3) is 0.321. The summed E-state index contributed by atoms with van der Waals surface area (Å²) in [4.78, 5) is 25.8. The van der Waals surface area contributed by atoms with Crippen LogP contribution >= 0.6 is 0 Å². The van der Waals surface area contributed by atoms with Gasteiger partial charge in [-0.25, -0.2) is 4.79 Å². The molecule has 3 aromatic rings. The summed E-state index contributed by atoms with van der Waals surface area (Å²) in [6.45, 7) is 6.82. The number of aromatic amines is 1. The number of allylic oxidation sites excluding steroid dienone is 2. The highest BCUT2D eigenvalue weighted by Crippen LogP contribution is 2.30. The second kappa shape index (κ2) is 13.3. The van der Waals surface area contributed by atoms with Crippen LogP contribution in [-0.4, -0.2) is 67.5 Å². The van der Waals surface area contributed by atoms with Crippen molar-refractivity contribution in [3.63, 3.8) is 0 Å². The second-order valence-electron chi connectivity index (χ2n) is 8.27. The Morgan fingerprint density at radius 3 is 2.41 bits per heavy atom. The Kier molecular flexibility index (Phi) is 9.85. The number of rotatable bonds is 6. The van der Waals surface area contributed by atoms with Crippen LogP contribution in [0.15, 0.2) is 54.6 Å². The van der Waals surface area contributed by atoms with Gasteiger partial charge in [0.1, 0.15) is 11.6 Å². The molecule has 0 saturated carbocycles. The van der Waals surface area contributed by atoms with Crippen molar-refractivity contribution in [2.75, 3.05) is 46.3 Å². The van der Waals surface area contributed by atoms with E-state index in [1.54, 1.807) is 31.4 Å². The summed E-state index contributed by atoms with van der Waals surface area (Å²) in [5.74, 6) is 0.685. The molecule has 0 atom stereocenters. The number of nitrogens with two attached hydrogens (primary N) is 1. The van der Waals surface area contributed by atoms with Crippen molar-refractivity contribution in [3.8, 4) is 17.0 Å². The molecule has 37 heavy (non-hydrogen) atoms. The molecule has 0 spiro atoms. The molecule has 1 aliphatic rings. The number of carbonyl (C=O) groups excluding carboxylic acids is 2. The van der Waals surface area contributed by atoms with Crippen LogP contribution in [0.4, 0.5) is 5.82 Å². The lowest BCUT2D eigenvalue weighted by Gasteiger charge is -2.27. The van der Waals surface area contributed by atoms with E-state index in [0.29, 0.717) is 54.7 Å². The minimum Gasteiger partial charge on any atom is -0.496 e. The van der Waals surface area contributed by atoms with Gasteiger partial charge in [0.05, 0.1) is 38.7 Å². The molecular weight excluding hydrogens is 472 g/mol. The molecule has 2 aromatic carbocycles. The number of anilines is 1. The van der Waals surface area contributed by atoms with Crippen LogP contribution in [0.1, 0.15) is 46.5 Å². The highest BCUT2D eigenvalue weighted by molar-refractivity contribution is 5.95. The van der Waals surface area contributed by atoms with Crippen molar-refractivity contribution in [1.82, 2.24) is 15.1 Å². The minimum atomic E-state index is -0.411. The third-order valence-electron chi connectivity index (χ3n) is 6.02. The van der Waals surface area contributed by atoms with Gasteiger partial charge in [-0.15, -0.1) is 0 Å². The molecule has 9 nitrogen and oxygen atoms in total. The smallest absolute Gasteiger partial charge is 0.337 e. The molecule has 1 amide bonds. The zero-order chi connectivity index (χ0) is 26.8.